The van der Waals surface area contributed by atoms with Crippen LogP contribution in [0.3, 0.4) is 0 Å². The Balaban J connectivity index is 1.99. The summed E-state index contributed by atoms with van der Waals surface area (Å²) in [6, 6.07) is 6.43. The Morgan fingerprint density at radius 1 is 1.28 bits per heavy atom. The summed E-state index contributed by atoms with van der Waals surface area (Å²) in [5.41, 5.74) is 1.54. The Labute approximate surface area is 104 Å². The fraction of sp³-hybridized carbons (Fsp3) is 0.308. The van der Waals surface area contributed by atoms with Crippen molar-refractivity contribution in [3.05, 3.63) is 47.1 Å². The van der Waals surface area contributed by atoms with E-state index in [4.69, 9.17) is 14.0 Å². The average molecular weight is 251 g/mol. The zero-order valence-corrected chi connectivity index (χ0v) is 10.3. The van der Waals surface area contributed by atoms with Crippen molar-refractivity contribution >= 4 is 0 Å². The Morgan fingerprint density at radius 2 is 2.11 bits per heavy atom. The number of hydrogen-bond acceptors (Lipinski definition) is 4. The lowest BCUT2D eigenvalue weighted by molar-refractivity contribution is 0.155. The van der Waals surface area contributed by atoms with Gasteiger partial charge in [0.1, 0.15) is 18.9 Å². The minimum absolute atomic E-state index is 0.160. The van der Waals surface area contributed by atoms with Gasteiger partial charge in [-0.15, -0.1) is 0 Å². The number of rotatable bonds is 5. The fourth-order valence-corrected chi connectivity index (χ4v) is 1.51. The minimum Gasteiger partial charge on any atom is -0.484 e. The smallest absolute Gasteiger partial charge is 0.165 e. The molecule has 0 aliphatic carbocycles. The van der Waals surface area contributed by atoms with Crippen LogP contribution in [0.1, 0.15) is 17.0 Å². The van der Waals surface area contributed by atoms with Crippen LogP contribution >= 0.6 is 0 Å². The molecule has 2 rings (SSSR count). The summed E-state index contributed by atoms with van der Waals surface area (Å²) in [5.74, 6) is 0.438. The van der Waals surface area contributed by atoms with Gasteiger partial charge in [-0.2, -0.15) is 0 Å². The lowest BCUT2D eigenvalue weighted by Crippen LogP contribution is -1.98. The number of ether oxygens (including phenoxy) is 2. The van der Waals surface area contributed by atoms with Crippen LogP contribution < -0.4 is 4.74 Å². The van der Waals surface area contributed by atoms with Crippen LogP contribution in [0.4, 0.5) is 4.39 Å². The summed E-state index contributed by atoms with van der Waals surface area (Å²) in [4.78, 5) is 0. The maximum atomic E-state index is 13.4. The molecule has 0 aliphatic heterocycles. The maximum Gasteiger partial charge on any atom is 0.165 e. The summed E-state index contributed by atoms with van der Waals surface area (Å²) in [5, 5.41) is 3.80. The number of hydrogen-bond donors (Lipinski definition) is 0. The number of nitrogens with zero attached hydrogens (tertiary/aromatic N) is 1. The maximum absolute atomic E-state index is 13.4. The molecule has 0 unspecified atom stereocenters. The second-order valence-electron chi connectivity index (χ2n) is 3.94. The average Bonchev–Trinajstić information content (AvgIpc) is 2.79. The van der Waals surface area contributed by atoms with E-state index >= 15 is 0 Å². The summed E-state index contributed by atoms with van der Waals surface area (Å²) < 4.78 is 28.7. The van der Waals surface area contributed by atoms with Crippen molar-refractivity contribution in [2.45, 2.75) is 20.1 Å². The van der Waals surface area contributed by atoms with E-state index in [1.54, 1.807) is 25.3 Å². The van der Waals surface area contributed by atoms with E-state index in [2.05, 4.69) is 5.16 Å². The molecule has 2 aromatic rings. The number of halogens is 1. The fourth-order valence-electron chi connectivity index (χ4n) is 1.51. The number of methoxy groups -OCH3 is 1. The van der Waals surface area contributed by atoms with Crippen LogP contribution in [0.2, 0.25) is 0 Å². The lowest BCUT2D eigenvalue weighted by Gasteiger charge is -2.05. The topological polar surface area (TPSA) is 44.5 Å². The molecule has 0 amide bonds. The van der Waals surface area contributed by atoms with Gasteiger partial charge in [0, 0.05) is 13.2 Å². The standard InChI is InChI=1S/C13H14FNO3/c1-9-3-4-12(14)13(5-9)17-7-10-6-11(8-16-2)18-15-10/h3-6H,7-8H2,1-2H3. The SMILES string of the molecule is COCc1cc(COc2cc(C)ccc2F)no1. The number of aryl methyl sites for hydroxylation is 1. The highest BCUT2D eigenvalue weighted by Gasteiger charge is 2.07. The Morgan fingerprint density at radius 3 is 2.89 bits per heavy atom. The molecule has 4 nitrogen and oxygen atoms in total. The Kier molecular flexibility index (Phi) is 3.94. The summed E-state index contributed by atoms with van der Waals surface area (Å²) in [6.45, 7) is 2.39. The molecule has 0 saturated carbocycles. The lowest BCUT2D eigenvalue weighted by atomic mass is 10.2. The van der Waals surface area contributed by atoms with Gasteiger partial charge in [-0.25, -0.2) is 4.39 Å². The van der Waals surface area contributed by atoms with Crippen molar-refractivity contribution in [1.29, 1.82) is 0 Å². The normalized spacial score (nSPS) is 10.6. The molecule has 5 heteroatoms. The quantitative estimate of drug-likeness (QED) is 0.819. The van der Waals surface area contributed by atoms with Crippen LogP contribution in [-0.2, 0) is 18.0 Å². The molecule has 0 saturated heterocycles. The summed E-state index contributed by atoms with van der Waals surface area (Å²) >= 11 is 0. The molecule has 0 spiro atoms. The first kappa shape index (κ1) is 12.6. The van der Waals surface area contributed by atoms with Crippen LogP contribution in [0.5, 0.6) is 5.75 Å². The molecule has 0 radical (unpaired) electrons. The number of aromatic nitrogens is 1. The van der Waals surface area contributed by atoms with Gasteiger partial charge in [-0.1, -0.05) is 11.2 Å². The molecule has 18 heavy (non-hydrogen) atoms. The van der Waals surface area contributed by atoms with Gasteiger partial charge in [0.15, 0.2) is 17.3 Å². The van der Waals surface area contributed by atoms with Gasteiger partial charge in [0.05, 0.1) is 0 Å². The first-order chi connectivity index (χ1) is 8.69. The third kappa shape index (κ3) is 3.07. The van der Waals surface area contributed by atoms with Gasteiger partial charge in [-0.3, -0.25) is 0 Å². The molecular weight excluding hydrogens is 237 g/mol. The second-order valence-corrected chi connectivity index (χ2v) is 3.94. The van der Waals surface area contributed by atoms with E-state index in [0.29, 0.717) is 18.1 Å². The molecule has 0 N–H and O–H groups in total. The zero-order valence-electron chi connectivity index (χ0n) is 10.3. The van der Waals surface area contributed by atoms with E-state index in [0.717, 1.165) is 5.56 Å². The minimum atomic E-state index is -0.388. The van der Waals surface area contributed by atoms with Crippen molar-refractivity contribution in [2.75, 3.05) is 7.11 Å². The highest BCUT2D eigenvalue weighted by atomic mass is 19.1. The van der Waals surface area contributed by atoms with Crippen molar-refractivity contribution in [3.8, 4) is 5.75 Å². The van der Waals surface area contributed by atoms with E-state index < -0.39 is 0 Å². The number of benzene rings is 1. The van der Waals surface area contributed by atoms with Gasteiger partial charge in [0.25, 0.3) is 0 Å². The molecule has 96 valence electrons. The molecule has 0 bridgehead atoms. The highest BCUT2D eigenvalue weighted by molar-refractivity contribution is 5.29. The molecule has 0 aliphatic rings. The Hall–Kier alpha value is -1.88. The van der Waals surface area contributed by atoms with E-state index in [9.17, 15) is 4.39 Å². The van der Waals surface area contributed by atoms with Crippen LogP contribution in [0.15, 0.2) is 28.8 Å². The van der Waals surface area contributed by atoms with Gasteiger partial charge >= 0.3 is 0 Å². The zero-order chi connectivity index (χ0) is 13.0. The predicted molar refractivity (Wildman–Crippen MR) is 62.7 cm³/mol. The first-order valence-electron chi connectivity index (χ1n) is 5.51. The second kappa shape index (κ2) is 5.64. The highest BCUT2D eigenvalue weighted by Crippen LogP contribution is 2.19. The monoisotopic (exact) mass is 251 g/mol. The van der Waals surface area contributed by atoms with Crippen LogP contribution in [0.25, 0.3) is 0 Å². The largest absolute Gasteiger partial charge is 0.484 e. The van der Waals surface area contributed by atoms with E-state index in [1.807, 2.05) is 6.92 Å². The van der Waals surface area contributed by atoms with Crippen molar-refractivity contribution in [1.82, 2.24) is 5.16 Å². The third-order valence-corrected chi connectivity index (χ3v) is 2.36. The molecule has 1 aromatic carbocycles. The first-order valence-corrected chi connectivity index (χ1v) is 5.51. The summed E-state index contributed by atoms with van der Waals surface area (Å²) in [6.07, 6.45) is 0. The van der Waals surface area contributed by atoms with Gasteiger partial charge in [-0.05, 0) is 24.6 Å². The molecule has 1 aromatic heterocycles. The van der Waals surface area contributed by atoms with Gasteiger partial charge in [0.2, 0.25) is 0 Å². The van der Waals surface area contributed by atoms with Crippen molar-refractivity contribution in [3.63, 3.8) is 0 Å². The van der Waals surface area contributed by atoms with Gasteiger partial charge < -0.3 is 14.0 Å². The van der Waals surface area contributed by atoms with Crippen molar-refractivity contribution in [2.24, 2.45) is 0 Å². The molecule has 0 atom stereocenters. The summed E-state index contributed by atoms with van der Waals surface area (Å²) in [7, 11) is 1.57. The molecule has 0 fully saturated rings. The molecule has 1 heterocycles. The van der Waals surface area contributed by atoms with Crippen molar-refractivity contribution < 1.29 is 18.4 Å². The third-order valence-electron chi connectivity index (χ3n) is 2.36. The Bertz CT molecular complexity index is 525. The van der Waals surface area contributed by atoms with E-state index in [-0.39, 0.29) is 18.2 Å². The van der Waals surface area contributed by atoms with E-state index in [1.165, 1.54) is 6.07 Å². The predicted octanol–water partition coefficient (Wildman–Crippen LogP) is 2.85. The van der Waals surface area contributed by atoms with Crippen LogP contribution in [0, 0.1) is 12.7 Å². The molecular formula is C13H14FNO3. The van der Waals surface area contributed by atoms with Crippen LogP contribution in [-0.4, -0.2) is 12.3 Å².